The zero-order valence-corrected chi connectivity index (χ0v) is 18.2. The van der Waals surface area contributed by atoms with E-state index in [1.165, 1.54) is 12.1 Å². The fraction of sp³-hybridized carbons (Fsp3) is 0.333. The van der Waals surface area contributed by atoms with E-state index in [4.69, 9.17) is 19.9 Å². The predicted molar refractivity (Wildman–Crippen MR) is 116 cm³/mol. The summed E-state index contributed by atoms with van der Waals surface area (Å²) in [6.45, 7) is 1.06. The van der Waals surface area contributed by atoms with Gasteiger partial charge in [0.25, 0.3) is 0 Å². The minimum atomic E-state index is -3.81. The standard InChI is InChI=1S/C21H25N3O7S/c22-20(25)9-13-29-16-4-2-15(3-5-16)24-21(26)8-10-23-32(27,28)17-6-7-18-19(14-17)31-12-1-11-30-18/h2-7,14,23H,1,8-13H2,(H2,22,25)(H,24,26). The average molecular weight is 464 g/mol. The van der Waals surface area contributed by atoms with Gasteiger partial charge in [0.15, 0.2) is 11.5 Å². The molecule has 0 saturated carbocycles. The molecular formula is C21H25N3O7S. The van der Waals surface area contributed by atoms with Gasteiger partial charge in [0.1, 0.15) is 5.75 Å². The van der Waals surface area contributed by atoms with Crippen LogP contribution in [0.1, 0.15) is 19.3 Å². The van der Waals surface area contributed by atoms with Gasteiger partial charge < -0.3 is 25.3 Å². The van der Waals surface area contributed by atoms with Crippen LogP contribution in [0, 0.1) is 0 Å². The third-order valence-electron chi connectivity index (χ3n) is 4.43. The Labute approximate surface area is 186 Å². The predicted octanol–water partition coefficient (Wildman–Crippen LogP) is 1.41. The zero-order valence-electron chi connectivity index (χ0n) is 17.3. The van der Waals surface area contributed by atoms with Gasteiger partial charge in [-0.25, -0.2) is 13.1 Å². The number of carbonyl (C=O) groups is 2. The van der Waals surface area contributed by atoms with Crippen molar-refractivity contribution in [2.24, 2.45) is 5.73 Å². The van der Waals surface area contributed by atoms with Crippen molar-refractivity contribution in [3.05, 3.63) is 42.5 Å². The Kier molecular flexibility index (Phi) is 7.90. The first-order valence-corrected chi connectivity index (χ1v) is 11.5. The molecule has 0 saturated heterocycles. The first kappa shape index (κ1) is 23.4. The summed E-state index contributed by atoms with van der Waals surface area (Å²) in [7, 11) is -3.81. The molecule has 0 radical (unpaired) electrons. The lowest BCUT2D eigenvalue weighted by molar-refractivity contribution is -0.118. The highest BCUT2D eigenvalue weighted by Crippen LogP contribution is 2.31. The molecule has 172 valence electrons. The Morgan fingerprint density at radius 2 is 1.72 bits per heavy atom. The number of fused-ring (bicyclic) bond motifs is 1. The summed E-state index contributed by atoms with van der Waals surface area (Å²) in [5.41, 5.74) is 5.58. The summed E-state index contributed by atoms with van der Waals surface area (Å²) >= 11 is 0. The molecule has 11 heteroatoms. The van der Waals surface area contributed by atoms with E-state index in [0.717, 1.165) is 6.42 Å². The van der Waals surface area contributed by atoms with Crippen molar-refractivity contribution >= 4 is 27.5 Å². The van der Waals surface area contributed by atoms with Gasteiger partial charge in [-0.15, -0.1) is 0 Å². The second-order valence-electron chi connectivity index (χ2n) is 6.94. The van der Waals surface area contributed by atoms with Crippen molar-refractivity contribution in [2.45, 2.75) is 24.2 Å². The van der Waals surface area contributed by atoms with Gasteiger partial charge >= 0.3 is 0 Å². The summed E-state index contributed by atoms with van der Waals surface area (Å²) in [5.74, 6) is 0.616. The van der Waals surface area contributed by atoms with Crippen LogP contribution in [0.5, 0.6) is 17.2 Å². The van der Waals surface area contributed by atoms with Gasteiger partial charge in [0, 0.05) is 31.1 Å². The van der Waals surface area contributed by atoms with Crippen LogP contribution in [-0.2, 0) is 19.6 Å². The molecule has 3 rings (SSSR count). The van der Waals surface area contributed by atoms with E-state index in [0.29, 0.717) is 36.1 Å². The van der Waals surface area contributed by atoms with Crippen molar-refractivity contribution in [1.29, 1.82) is 0 Å². The van der Waals surface area contributed by atoms with Crippen molar-refractivity contribution in [3.8, 4) is 17.2 Å². The van der Waals surface area contributed by atoms with Crippen LogP contribution in [0.2, 0.25) is 0 Å². The number of nitrogens with one attached hydrogen (secondary N) is 2. The van der Waals surface area contributed by atoms with E-state index < -0.39 is 15.9 Å². The average Bonchev–Trinajstić information content (AvgIpc) is 2.99. The lowest BCUT2D eigenvalue weighted by Crippen LogP contribution is -2.27. The molecule has 4 N–H and O–H groups in total. The number of anilines is 1. The molecule has 32 heavy (non-hydrogen) atoms. The van der Waals surface area contributed by atoms with E-state index in [1.54, 1.807) is 30.3 Å². The van der Waals surface area contributed by atoms with E-state index in [2.05, 4.69) is 10.0 Å². The van der Waals surface area contributed by atoms with E-state index in [1.807, 2.05) is 0 Å². The number of rotatable bonds is 10. The topological polar surface area (TPSA) is 146 Å². The molecular weight excluding hydrogens is 438 g/mol. The highest BCUT2D eigenvalue weighted by Gasteiger charge is 2.19. The van der Waals surface area contributed by atoms with Gasteiger partial charge in [-0.3, -0.25) is 9.59 Å². The van der Waals surface area contributed by atoms with Crippen molar-refractivity contribution in [2.75, 3.05) is 31.7 Å². The monoisotopic (exact) mass is 463 g/mol. The zero-order chi connectivity index (χ0) is 23.0. The number of nitrogens with two attached hydrogens (primary N) is 1. The number of carbonyl (C=O) groups excluding carboxylic acids is 2. The summed E-state index contributed by atoms with van der Waals surface area (Å²) in [6, 6.07) is 11.0. The normalized spacial score (nSPS) is 13.1. The first-order valence-electron chi connectivity index (χ1n) is 10.0. The fourth-order valence-electron chi connectivity index (χ4n) is 2.82. The number of hydrogen-bond donors (Lipinski definition) is 3. The van der Waals surface area contributed by atoms with Gasteiger partial charge in [-0.1, -0.05) is 0 Å². The summed E-state index contributed by atoms with van der Waals surface area (Å²) in [5, 5.41) is 2.68. The van der Waals surface area contributed by atoms with Crippen molar-refractivity contribution in [1.82, 2.24) is 4.72 Å². The molecule has 1 aliphatic heterocycles. The Hall–Kier alpha value is -3.31. The molecule has 0 spiro atoms. The number of hydrogen-bond acceptors (Lipinski definition) is 7. The second kappa shape index (κ2) is 10.8. The Balaban J connectivity index is 1.47. The molecule has 0 bridgehead atoms. The number of sulfonamides is 1. The van der Waals surface area contributed by atoms with Crippen LogP contribution in [0.4, 0.5) is 5.69 Å². The number of amides is 2. The lowest BCUT2D eigenvalue weighted by atomic mass is 10.3. The van der Waals surface area contributed by atoms with Gasteiger partial charge in [0.2, 0.25) is 21.8 Å². The molecule has 0 aliphatic carbocycles. The maximum atomic E-state index is 12.5. The molecule has 0 fully saturated rings. The van der Waals surface area contributed by atoms with Crippen LogP contribution in [0.3, 0.4) is 0 Å². The lowest BCUT2D eigenvalue weighted by Gasteiger charge is -2.11. The summed E-state index contributed by atoms with van der Waals surface area (Å²) in [4.78, 5) is 22.9. The van der Waals surface area contributed by atoms with Gasteiger partial charge in [-0.2, -0.15) is 0 Å². The van der Waals surface area contributed by atoms with Crippen LogP contribution < -0.4 is 30.0 Å². The second-order valence-corrected chi connectivity index (χ2v) is 8.71. The van der Waals surface area contributed by atoms with Crippen molar-refractivity contribution in [3.63, 3.8) is 0 Å². The molecule has 0 atom stereocenters. The molecule has 1 heterocycles. The highest BCUT2D eigenvalue weighted by atomic mass is 32.2. The van der Waals surface area contributed by atoms with Crippen molar-refractivity contribution < 1.29 is 32.2 Å². The van der Waals surface area contributed by atoms with Crippen LogP contribution in [-0.4, -0.2) is 46.6 Å². The molecule has 2 aromatic carbocycles. The smallest absolute Gasteiger partial charge is 0.240 e. The maximum Gasteiger partial charge on any atom is 0.240 e. The fourth-order valence-corrected chi connectivity index (χ4v) is 3.87. The van der Waals surface area contributed by atoms with E-state index >= 15 is 0 Å². The summed E-state index contributed by atoms with van der Waals surface area (Å²) < 4.78 is 43.8. The minimum absolute atomic E-state index is 0.0362. The van der Waals surface area contributed by atoms with Crippen LogP contribution in [0.15, 0.2) is 47.4 Å². The minimum Gasteiger partial charge on any atom is -0.493 e. The van der Waals surface area contributed by atoms with E-state index in [-0.39, 0.29) is 36.8 Å². The third-order valence-corrected chi connectivity index (χ3v) is 5.89. The SMILES string of the molecule is NC(=O)CCOc1ccc(NC(=O)CCNS(=O)(=O)c2ccc3c(c2)OCCCO3)cc1. The van der Waals surface area contributed by atoms with Crippen LogP contribution >= 0.6 is 0 Å². The summed E-state index contributed by atoms with van der Waals surface area (Å²) in [6.07, 6.45) is 0.774. The molecule has 1 aliphatic rings. The Morgan fingerprint density at radius 1 is 1.00 bits per heavy atom. The van der Waals surface area contributed by atoms with Crippen LogP contribution in [0.25, 0.3) is 0 Å². The molecule has 2 amide bonds. The number of benzene rings is 2. The van der Waals surface area contributed by atoms with E-state index in [9.17, 15) is 18.0 Å². The van der Waals surface area contributed by atoms with Gasteiger partial charge in [-0.05, 0) is 36.4 Å². The molecule has 2 aromatic rings. The molecule has 0 aromatic heterocycles. The Bertz CT molecular complexity index is 1060. The number of primary amides is 1. The number of ether oxygens (including phenoxy) is 3. The largest absolute Gasteiger partial charge is 0.493 e. The Morgan fingerprint density at radius 3 is 2.44 bits per heavy atom. The molecule has 0 unspecified atom stereocenters. The first-order chi connectivity index (χ1) is 15.3. The van der Waals surface area contributed by atoms with Gasteiger partial charge in [0.05, 0.1) is 31.1 Å². The third kappa shape index (κ3) is 6.86. The quantitative estimate of drug-likeness (QED) is 0.483. The highest BCUT2D eigenvalue weighted by molar-refractivity contribution is 7.89. The maximum absolute atomic E-state index is 12.5. The molecule has 10 nitrogen and oxygen atoms in total.